The molecule has 166 valence electrons. The number of halogens is 4. The quantitative estimate of drug-likeness (QED) is 0.214. The van der Waals surface area contributed by atoms with Gasteiger partial charge in [-0.2, -0.15) is 13.2 Å². The molecule has 0 aliphatic heterocycles. The molecule has 0 unspecified atom stereocenters. The number of nitrogens with two attached hydrogens (primary N) is 1. The summed E-state index contributed by atoms with van der Waals surface area (Å²) in [6, 6.07) is 8.89. The number of pyridine rings is 1. The number of nitrogens with one attached hydrogen (secondary N) is 4. The van der Waals surface area contributed by atoms with Crippen LogP contribution in [0, 0.1) is 11.2 Å². The number of anilines is 5. The summed E-state index contributed by atoms with van der Waals surface area (Å²) in [6.45, 7) is 0. The van der Waals surface area contributed by atoms with Crippen LogP contribution in [0.5, 0.6) is 0 Å². The van der Waals surface area contributed by atoms with Crippen LogP contribution < -0.4 is 21.7 Å². The standard InChI is InChI=1S/C21H18F4N6O/c1-28-20(32)14-7-12(22)2-5-17(14)31-18-8-19(29-10-15(18)21(23,24)25)30-13-3-4-16(27)11(6-13)9-26/h2-10,26H,27H2,1H3,(H,28,32)(H2,29,30,31). The molecule has 2 aromatic carbocycles. The van der Waals surface area contributed by atoms with E-state index in [2.05, 4.69) is 20.9 Å². The van der Waals surface area contributed by atoms with Crippen LogP contribution in [0.2, 0.25) is 0 Å². The Morgan fingerprint density at radius 2 is 1.84 bits per heavy atom. The molecule has 0 aliphatic rings. The fourth-order valence-corrected chi connectivity index (χ4v) is 2.87. The minimum Gasteiger partial charge on any atom is -0.398 e. The maximum absolute atomic E-state index is 13.6. The summed E-state index contributed by atoms with van der Waals surface area (Å²) in [5.41, 5.74) is 5.32. The van der Waals surface area contributed by atoms with Gasteiger partial charge in [-0.25, -0.2) is 9.37 Å². The number of nitrogens with zero attached hydrogens (tertiary/aromatic N) is 1. The molecule has 0 saturated heterocycles. The summed E-state index contributed by atoms with van der Waals surface area (Å²) in [7, 11) is 1.32. The summed E-state index contributed by atoms with van der Waals surface area (Å²) in [5.74, 6) is -1.33. The Morgan fingerprint density at radius 1 is 1.09 bits per heavy atom. The van der Waals surface area contributed by atoms with E-state index in [4.69, 9.17) is 11.1 Å². The summed E-state index contributed by atoms with van der Waals surface area (Å²) >= 11 is 0. The second-order valence-corrected chi connectivity index (χ2v) is 6.62. The van der Waals surface area contributed by atoms with E-state index in [-0.39, 0.29) is 17.1 Å². The van der Waals surface area contributed by atoms with Gasteiger partial charge in [0.15, 0.2) is 0 Å². The minimum absolute atomic E-state index is 0.0213. The Labute approximate surface area is 180 Å². The SMILES string of the molecule is CNC(=O)c1cc(F)ccc1Nc1cc(Nc2ccc(N)c(C=N)c2)ncc1C(F)(F)F. The Bertz CT molecular complexity index is 1180. The topological polar surface area (TPSA) is 116 Å². The number of amides is 1. The largest absolute Gasteiger partial charge is 0.419 e. The highest BCUT2D eigenvalue weighted by Gasteiger charge is 2.34. The van der Waals surface area contributed by atoms with Gasteiger partial charge in [0.1, 0.15) is 11.6 Å². The van der Waals surface area contributed by atoms with E-state index in [1.54, 1.807) is 18.2 Å². The molecule has 0 saturated carbocycles. The highest BCUT2D eigenvalue weighted by Crippen LogP contribution is 2.37. The summed E-state index contributed by atoms with van der Waals surface area (Å²) in [5, 5.41) is 15.1. The lowest BCUT2D eigenvalue weighted by Gasteiger charge is -2.18. The van der Waals surface area contributed by atoms with Crippen molar-refractivity contribution in [2.45, 2.75) is 6.18 Å². The Morgan fingerprint density at radius 3 is 2.50 bits per heavy atom. The number of alkyl halides is 3. The highest BCUT2D eigenvalue weighted by molar-refractivity contribution is 6.00. The zero-order valence-corrected chi connectivity index (χ0v) is 16.6. The number of carbonyl (C=O) groups excluding carboxylic acids is 1. The van der Waals surface area contributed by atoms with Gasteiger partial charge >= 0.3 is 6.18 Å². The first-order valence-electron chi connectivity index (χ1n) is 9.15. The lowest BCUT2D eigenvalue weighted by Crippen LogP contribution is -2.20. The molecule has 0 aliphatic carbocycles. The van der Waals surface area contributed by atoms with E-state index in [1.807, 2.05) is 0 Å². The van der Waals surface area contributed by atoms with Crippen molar-refractivity contribution in [1.29, 1.82) is 5.41 Å². The van der Waals surface area contributed by atoms with Crippen molar-refractivity contribution in [3.8, 4) is 0 Å². The summed E-state index contributed by atoms with van der Waals surface area (Å²) < 4.78 is 54.3. The number of hydrogen-bond donors (Lipinski definition) is 5. The second kappa shape index (κ2) is 8.92. The van der Waals surface area contributed by atoms with Crippen LogP contribution in [0.15, 0.2) is 48.7 Å². The van der Waals surface area contributed by atoms with Gasteiger partial charge in [-0.05, 0) is 36.4 Å². The molecule has 0 spiro atoms. The fourth-order valence-electron chi connectivity index (χ4n) is 2.87. The lowest BCUT2D eigenvalue weighted by atomic mass is 10.1. The van der Waals surface area contributed by atoms with E-state index in [9.17, 15) is 22.4 Å². The maximum Gasteiger partial charge on any atom is 0.419 e. The smallest absolute Gasteiger partial charge is 0.398 e. The lowest BCUT2D eigenvalue weighted by molar-refractivity contribution is -0.137. The maximum atomic E-state index is 13.6. The van der Waals surface area contributed by atoms with Gasteiger partial charge in [-0.3, -0.25) is 4.79 Å². The van der Waals surface area contributed by atoms with Crippen molar-refractivity contribution in [1.82, 2.24) is 10.3 Å². The predicted molar refractivity (Wildman–Crippen MR) is 114 cm³/mol. The number of benzene rings is 2. The van der Waals surface area contributed by atoms with Crippen LogP contribution in [0.3, 0.4) is 0 Å². The van der Waals surface area contributed by atoms with E-state index >= 15 is 0 Å². The van der Waals surface area contributed by atoms with Crippen LogP contribution in [0.25, 0.3) is 0 Å². The molecule has 6 N–H and O–H groups in total. The van der Waals surface area contributed by atoms with Gasteiger partial charge in [-0.1, -0.05) is 0 Å². The molecule has 1 amide bonds. The molecule has 1 aromatic heterocycles. The number of hydrogen-bond acceptors (Lipinski definition) is 6. The monoisotopic (exact) mass is 446 g/mol. The van der Waals surface area contributed by atoms with Gasteiger partial charge < -0.3 is 27.1 Å². The third kappa shape index (κ3) is 4.94. The average Bonchev–Trinajstić information content (AvgIpc) is 2.75. The molecule has 3 rings (SSSR count). The number of nitrogen functional groups attached to an aromatic ring is 1. The van der Waals surface area contributed by atoms with Crippen molar-refractivity contribution in [2.75, 3.05) is 23.4 Å². The molecular weight excluding hydrogens is 428 g/mol. The number of rotatable bonds is 6. The summed E-state index contributed by atoms with van der Waals surface area (Å²) in [6.07, 6.45) is -3.05. The normalized spacial score (nSPS) is 11.0. The second-order valence-electron chi connectivity index (χ2n) is 6.62. The first-order chi connectivity index (χ1) is 15.1. The Kier molecular flexibility index (Phi) is 6.28. The third-order valence-corrected chi connectivity index (χ3v) is 4.45. The molecular formula is C21H18F4N6O. The first kappa shape index (κ1) is 22.5. The van der Waals surface area contributed by atoms with E-state index < -0.39 is 29.2 Å². The predicted octanol–water partition coefficient (Wildman–Crippen LogP) is 4.67. The van der Waals surface area contributed by atoms with E-state index in [0.29, 0.717) is 23.1 Å². The van der Waals surface area contributed by atoms with Crippen LogP contribution in [-0.2, 0) is 6.18 Å². The molecule has 11 heteroatoms. The molecule has 0 fully saturated rings. The van der Waals surface area contributed by atoms with Gasteiger partial charge in [0.2, 0.25) is 0 Å². The van der Waals surface area contributed by atoms with Gasteiger partial charge in [0.25, 0.3) is 5.91 Å². The van der Waals surface area contributed by atoms with E-state index in [0.717, 1.165) is 24.4 Å². The Balaban J connectivity index is 2.03. The van der Waals surface area contributed by atoms with Crippen LogP contribution in [0.1, 0.15) is 21.5 Å². The molecule has 0 radical (unpaired) electrons. The Hall–Kier alpha value is -4.15. The molecule has 1 heterocycles. The van der Waals surface area contributed by atoms with E-state index in [1.165, 1.54) is 13.1 Å². The molecule has 0 atom stereocenters. The van der Waals surface area contributed by atoms with Crippen LogP contribution >= 0.6 is 0 Å². The zero-order valence-electron chi connectivity index (χ0n) is 16.6. The molecule has 32 heavy (non-hydrogen) atoms. The van der Waals surface area contributed by atoms with Crippen LogP contribution in [0.4, 0.5) is 46.1 Å². The van der Waals surface area contributed by atoms with Crippen molar-refractivity contribution in [3.05, 3.63) is 71.2 Å². The van der Waals surface area contributed by atoms with Gasteiger partial charge in [0, 0.05) is 42.5 Å². The third-order valence-electron chi connectivity index (χ3n) is 4.45. The zero-order chi connectivity index (χ0) is 23.5. The van der Waals surface area contributed by atoms with Crippen LogP contribution in [-0.4, -0.2) is 24.2 Å². The van der Waals surface area contributed by atoms with Crippen molar-refractivity contribution < 1.29 is 22.4 Å². The van der Waals surface area contributed by atoms with Crippen molar-refractivity contribution >= 4 is 40.7 Å². The van der Waals surface area contributed by atoms with Crippen molar-refractivity contribution in [3.63, 3.8) is 0 Å². The first-order valence-corrected chi connectivity index (χ1v) is 9.15. The van der Waals surface area contributed by atoms with Crippen molar-refractivity contribution in [2.24, 2.45) is 0 Å². The average molecular weight is 446 g/mol. The molecule has 7 nitrogen and oxygen atoms in total. The number of aromatic nitrogens is 1. The van der Waals surface area contributed by atoms with Gasteiger partial charge in [-0.15, -0.1) is 0 Å². The van der Waals surface area contributed by atoms with Gasteiger partial charge in [0.05, 0.1) is 22.5 Å². The highest BCUT2D eigenvalue weighted by atomic mass is 19.4. The fraction of sp³-hybridized carbons (Fsp3) is 0.0952. The summed E-state index contributed by atoms with van der Waals surface area (Å²) in [4.78, 5) is 15.9. The number of carbonyl (C=O) groups is 1. The minimum atomic E-state index is -4.74. The molecule has 3 aromatic rings. The molecule has 0 bridgehead atoms.